The van der Waals surface area contributed by atoms with E-state index in [0.29, 0.717) is 5.01 Å². The zero-order valence-corrected chi connectivity index (χ0v) is 15.5. The van der Waals surface area contributed by atoms with E-state index in [-0.39, 0.29) is 11.3 Å². The molecule has 1 aromatic heterocycles. The maximum absolute atomic E-state index is 13.0. The molecule has 27 heavy (non-hydrogen) atoms. The Morgan fingerprint density at radius 2 is 1.74 bits per heavy atom. The third kappa shape index (κ3) is 4.38. The van der Waals surface area contributed by atoms with Crippen molar-refractivity contribution < 1.29 is 23.5 Å². The lowest BCUT2D eigenvalue weighted by Gasteiger charge is -2.11. The van der Waals surface area contributed by atoms with Crippen molar-refractivity contribution in [3.05, 3.63) is 71.0 Å². The van der Waals surface area contributed by atoms with Crippen LogP contribution in [0.2, 0.25) is 0 Å². The maximum Gasteiger partial charge on any atom is 0.358 e. The van der Waals surface area contributed by atoms with Crippen LogP contribution in [0.15, 0.2) is 53.9 Å². The van der Waals surface area contributed by atoms with Gasteiger partial charge in [0.25, 0.3) is 0 Å². The predicted molar refractivity (Wildman–Crippen MR) is 99.7 cm³/mol. The lowest BCUT2D eigenvalue weighted by atomic mass is 10.1. The molecule has 0 N–H and O–H groups in total. The summed E-state index contributed by atoms with van der Waals surface area (Å²) < 4.78 is 23.3. The Labute approximate surface area is 159 Å². The number of halogens is 1. The Hall–Kier alpha value is -3.06. The van der Waals surface area contributed by atoms with E-state index in [0.717, 1.165) is 11.3 Å². The van der Waals surface area contributed by atoms with E-state index in [2.05, 4.69) is 4.98 Å². The third-order valence-electron chi connectivity index (χ3n) is 3.83. The molecule has 0 bridgehead atoms. The van der Waals surface area contributed by atoms with Gasteiger partial charge in [-0.1, -0.05) is 0 Å². The van der Waals surface area contributed by atoms with Gasteiger partial charge in [0.05, 0.1) is 7.11 Å². The Morgan fingerprint density at radius 3 is 2.37 bits per heavy atom. The molecular weight excluding hydrogens is 369 g/mol. The summed E-state index contributed by atoms with van der Waals surface area (Å²) >= 11 is 1.30. The number of carbonyl (C=O) groups excluding carboxylic acids is 2. The van der Waals surface area contributed by atoms with Crippen molar-refractivity contribution in [3.8, 4) is 16.3 Å². The summed E-state index contributed by atoms with van der Waals surface area (Å²) in [6.07, 6.45) is -1.01. The van der Waals surface area contributed by atoms with E-state index in [9.17, 15) is 14.0 Å². The molecule has 0 unspecified atom stereocenters. The van der Waals surface area contributed by atoms with Gasteiger partial charge in [-0.3, -0.25) is 4.79 Å². The summed E-state index contributed by atoms with van der Waals surface area (Å²) in [6.45, 7) is 1.47. The van der Waals surface area contributed by atoms with Crippen LogP contribution in [-0.4, -0.2) is 30.0 Å². The minimum absolute atomic E-state index is 0.129. The fourth-order valence-corrected chi connectivity index (χ4v) is 3.15. The maximum atomic E-state index is 13.0. The van der Waals surface area contributed by atoms with Crippen LogP contribution in [0.3, 0.4) is 0 Å². The average molecular weight is 385 g/mol. The van der Waals surface area contributed by atoms with Gasteiger partial charge < -0.3 is 9.47 Å². The van der Waals surface area contributed by atoms with E-state index in [1.165, 1.54) is 42.5 Å². The standard InChI is InChI=1S/C20H16FNO4S/c1-12(18(23)13-3-7-15(21)8-4-13)26-20(24)17-11-27-19(22-17)14-5-9-16(25-2)10-6-14/h3-12H,1-2H3/t12-/m1/s1. The van der Waals surface area contributed by atoms with Crippen LogP contribution in [0.4, 0.5) is 4.39 Å². The first kappa shape index (κ1) is 18.7. The summed E-state index contributed by atoms with van der Waals surface area (Å²) in [5.41, 5.74) is 1.24. The van der Waals surface area contributed by atoms with E-state index in [1.807, 2.05) is 12.1 Å². The van der Waals surface area contributed by atoms with Gasteiger partial charge in [0.2, 0.25) is 5.78 Å². The van der Waals surface area contributed by atoms with Crippen LogP contribution in [0.25, 0.3) is 10.6 Å². The number of hydrogen-bond donors (Lipinski definition) is 0. The largest absolute Gasteiger partial charge is 0.497 e. The number of esters is 1. The van der Waals surface area contributed by atoms with Gasteiger partial charge in [0.1, 0.15) is 16.6 Å². The second-order valence-corrected chi connectivity index (χ2v) is 6.54. The van der Waals surface area contributed by atoms with Crippen LogP contribution in [0.5, 0.6) is 5.75 Å². The molecule has 1 atom stereocenters. The molecule has 0 fully saturated rings. The number of rotatable bonds is 6. The summed E-state index contributed by atoms with van der Waals surface area (Å²) in [6, 6.07) is 12.4. The van der Waals surface area contributed by atoms with Crippen LogP contribution in [-0.2, 0) is 4.74 Å². The highest BCUT2D eigenvalue weighted by Gasteiger charge is 2.22. The summed E-state index contributed by atoms with van der Waals surface area (Å²) in [5, 5.41) is 2.24. The molecule has 1 heterocycles. The van der Waals surface area contributed by atoms with Crippen LogP contribution < -0.4 is 4.74 Å². The second kappa shape index (κ2) is 8.09. The molecule has 0 spiro atoms. The highest BCUT2D eigenvalue weighted by atomic mass is 32.1. The van der Waals surface area contributed by atoms with Crippen LogP contribution in [0, 0.1) is 5.82 Å². The number of carbonyl (C=O) groups is 2. The zero-order chi connectivity index (χ0) is 19.4. The highest BCUT2D eigenvalue weighted by molar-refractivity contribution is 7.13. The van der Waals surface area contributed by atoms with Crippen molar-refractivity contribution in [2.24, 2.45) is 0 Å². The number of benzene rings is 2. The smallest absolute Gasteiger partial charge is 0.358 e. The quantitative estimate of drug-likeness (QED) is 0.465. The fourth-order valence-electron chi connectivity index (χ4n) is 2.36. The van der Waals surface area contributed by atoms with Crippen LogP contribution >= 0.6 is 11.3 Å². The molecule has 5 nitrogen and oxygen atoms in total. The first-order valence-corrected chi connectivity index (χ1v) is 8.96. The van der Waals surface area contributed by atoms with Gasteiger partial charge in [-0.25, -0.2) is 14.2 Å². The molecule has 0 amide bonds. The molecule has 0 saturated carbocycles. The first-order chi connectivity index (χ1) is 13.0. The summed E-state index contributed by atoms with van der Waals surface area (Å²) in [5.74, 6) is -0.810. The van der Waals surface area contributed by atoms with Gasteiger partial charge in [0, 0.05) is 16.5 Å². The minimum atomic E-state index is -1.01. The van der Waals surface area contributed by atoms with Crippen molar-refractivity contribution in [2.75, 3.05) is 7.11 Å². The molecule has 0 aliphatic carbocycles. The highest BCUT2D eigenvalue weighted by Crippen LogP contribution is 2.26. The summed E-state index contributed by atoms with van der Waals surface area (Å²) in [4.78, 5) is 28.8. The normalized spacial score (nSPS) is 11.7. The second-order valence-electron chi connectivity index (χ2n) is 5.69. The molecule has 3 aromatic rings. The number of thiazole rings is 1. The van der Waals surface area contributed by atoms with Crippen molar-refractivity contribution in [2.45, 2.75) is 13.0 Å². The molecule has 138 valence electrons. The van der Waals surface area contributed by atoms with Crippen molar-refractivity contribution in [1.82, 2.24) is 4.98 Å². The van der Waals surface area contributed by atoms with Gasteiger partial charge in [-0.15, -0.1) is 11.3 Å². The van der Waals surface area contributed by atoms with Gasteiger partial charge >= 0.3 is 5.97 Å². The molecule has 0 aliphatic rings. The van der Waals surface area contributed by atoms with Gasteiger partial charge in [0.15, 0.2) is 11.8 Å². The molecular formula is C20H16FNO4S. The summed E-state index contributed by atoms with van der Waals surface area (Å²) in [7, 11) is 1.58. The number of aromatic nitrogens is 1. The van der Waals surface area contributed by atoms with Crippen LogP contribution in [0.1, 0.15) is 27.8 Å². The van der Waals surface area contributed by atoms with Gasteiger partial charge in [-0.2, -0.15) is 0 Å². The van der Waals surface area contributed by atoms with Gasteiger partial charge in [-0.05, 0) is 55.5 Å². The SMILES string of the molecule is COc1ccc(-c2nc(C(=O)O[C@H](C)C(=O)c3ccc(F)cc3)cs2)cc1. The van der Waals surface area contributed by atoms with Crippen molar-refractivity contribution in [3.63, 3.8) is 0 Å². The molecule has 0 saturated heterocycles. The predicted octanol–water partition coefficient (Wildman–Crippen LogP) is 4.39. The Balaban J connectivity index is 1.68. The monoisotopic (exact) mass is 385 g/mol. The van der Waals surface area contributed by atoms with Crippen molar-refractivity contribution in [1.29, 1.82) is 0 Å². The Bertz CT molecular complexity index is 951. The number of hydrogen-bond acceptors (Lipinski definition) is 6. The number of methoxy groups -OCH3 is 1. The van der Waals surface area contributed by atoms with Crippen molar-refractivity contribution >= 4 is 23.1 Å². The molecule has 0 radical (unpaired) electrons. The number of ether oxygens (including phenoxy) is 2. The molecule has 0 aliphatic heterocycles. The molecule has 3 rings (SSSR count). The van der Waals surface area contributed by atoms with E-state index < -0.39 is 23.7 Å². The van der Waals surface area contributed by atoms with E-state index in [4.69, 9.17) is 9.47 Å². The Kier molecular flexibility index (Phi) is 5.61. The van der Waals surface area contributed by atoms with E-state index in [1.54, 1.807) is 24.6 Å². The van der Waals surface area contributed by atoms with E-state index >= 15 is 0 Å². The lowest BCUT2D eigenvalue weighted by molar-refractivity contribution is 0.0314. The number of nitrogens with zero attached hydrogens (tertiary/aromatic N) is 1. The first-order valence-electron chi connectivity index (χ1n) is 8.08. The average Bonchev–Trinajstić information content (AvgIpc) is 3.18. The molecule has 7 heteroatoms. The Morgan fingerprint density at radius 1 is 1.07 bits per heavy atom. The third-order valence-corrected chi connectivity index (χ3v) is 4.72. The minimum Gasteiger partial charge on any atom is -0.497 e. The topological polar surface area (TPSA) is 65.5 Å². The number of Topliss-reactive ketones (excluding diaryl/α,β-unsaturated/α-hetero) is 1. The lowest BCUT2D eigenvalue weighted by Crippen LogP contribution is -2.24. The molecule has 2 aromatic carbocycles. The fraction of sp³-hybridized carbons (Fsp3) is 0.150. The number of ketones is 1. The zero-order valence-electron chi connectivity index (χ0n) is 14.6.